The standard InChI is InChI=1S/C35H47N9O3Si/c1-6-8-20-43(21-9-7-2)24-40-32-30-33(38-23-37-32)44(25-39-30)34-31(45)29(41-42-36)28(47-34)22-46-48(35(3,4)5,26-16-12-10-13-17-26)27-18-14-11-15-19-27/h10-19,23-25,28-29,31,34,45H,6-9,20-22H2,1-5H3/b40-24+/t28-,29?,31?,34-/m1/s1. The van der Waals surface area contributed by atoms with Gasteiger partial charge >= 0.3 is 0 Å². The third kappa shape index (κ3) is 7.30. The topological polar surface area (TPSA) is 147 Å². The van der Waals surface area contributed by atoms with Gasteiger partial charge in [-0.15, -0.1) is 0 Å². The summed E-state index contributed by atoms with van der Waals surface area (Å²) in [6, 6.07) is 19.7. The summed E-state index contributed by atoms with van der Waals surface area (Å²) in [6.45, 7) is 12.9. The SMILES string of the molecule is CCCCN(/C=N/c1ncnc2c1ncn2[C@@H]1O[C@H](CO[Si](c2ccccc2)(c2ccccc2)C(C)(C)C)C(N=[N+]=[N-])C1O)CCCC. The number of hydrogen-bond donors (Lipinski definition) is 1. The Morgan fingerprint density at radius 2 is 1.62 bits per heavy atom. The first kappa shape index (κ1) is 35.2. The molecule has 0 aliphatic carbocycles. The fourth-order valence-electron chi connectivity index (χ4n) is 6.47. The lowest BCUT2D eigenvalue weighted by molar-refractivity contribution is -0.0468. The molecule has 254 valence electrons. The maximum Gasteiger partial charge on any atom is 0.261 e. The Balaban J connectivity index is 1.45. The first-order valence-electron chi connectivity index (χ1n) is 16.8. The van der Waals surface area contributed by atoms with Crippen LogP contribution in [0.3, 0.4) is 0 Å². The van der Waals surface area contributed by atoms with E-state index in [1.165, 1.54) is 6.33 Å². The largest absolute Gasteiger partial charge is 0.405 e. The van der Waals surface area contributed by atoms with Gasteiger partial charge in [0.1, 0.15) is 12.4 Å². The van der Waals surface area contributed by atoms with E-state index in [2.05, 4.69) is 93.8 Å². The molecule has 4 aromatic rings. The zero-order chi connectivity index (χ0) is 34.1. The van der Waals surface area contributed by atoms with Gasteiger partial charge in [-0.2, -0.15) is 0 Å². The number of aliphatic hydroxyl groups is 1. The Morgan fingerprint density at radius 3 is 2.19 bits per heavy atom. The molecular formula is C35H47N9O3Si. The van der Waals surface area contributed by atoms with E-state index in [-0.39, 0.29) is 11.6 Å². The van der Waals surface area contributed by atoms with Crippen molar-refractivity contribution in [2.24, 2.45) is 10.1 Å². The third-order valence-corrected chi connectivity index (χ3v) is 14.0. The van der Waals surface area contributed by atoms with Gasteiger partial charge < -0.3 is 19.2 Å². The Kier molecular flexibility index (Phi) is 11.6. The van der Waals surface area contributed by atoms with Gasteiger partial charge in [0.25, 0.3) is 8.32 Å². The van der Waals surface area contributed by atoms with Gasteiger partial charge in [0, 0.05) is 18.0 Å². The van der Waals surface area contributed by atoms with E-state index in [0.717, 1.165) is 49.1 Å². The molecule has 5 rings (SSSR count). The highest BCUT2D eigenvalue weighted by Gasteiger charge is 2.52. The molecule has 0 radical (unpaired) electrons. The fourth-order valence-corrected chi connectivity index (χ4v) is 11.0. The first-order valence-corrected chi connectivity index (χ1v) is 18.7. The van der Waals surface area contributed by atoms with E-state index >= 15 is 0 Å². The van der Waals surface area contributed by atoms with Crippen LogP contribution < -0.4 is 10.4 Å². The molecule has 13 heteroatoms. The molecule has 3 heterocycles. The summed E-state index contributed by atoms with van der Waals surface area (Å²) < 4.78 is 15.3. The van der Waals surface area contributed by atoms with Crippen molar-refractivity contribution in [1.29, 1.82) is 0 Å². The molecule has 1 N–H and O–H groups in total. The third-order valence-electron chi connectivity index (χ3n) is 8.96. The van der Waals surface area contributed by atoms with Crippen molar-refractivity contribution >= 4 is 42.0 Å². The number of fused-ring (bicyclic) bond motifs is 1. The van der Waals surface area contributed by atoms with Gasteiger partial charge in [0.05, 0.1) is 31.4 Å². The average molecular weight is 670 g/mol. The summed E-state index contributed by atoms with van der Waals surface area (Å²) in [7, 11) is -2.92. The molecule has 2 unspecified atom stereocenters. The molecule has 0 amide bonds. The van der Waals surface area contributed by atoms with Gasteiger partial charge in [-0.3, -0.25) is 4.57 Å². The van der Waals surface area contributed by atoms with E-state index < -0.39 is 32.8 Å². The maximum atomic E-state index is 11.6. The Morgan fingerprint density at radius 1 is 1.00 bits per heavy atom. The molecular weight excluding hydrogens is 623 g/mol. The maximum absolute atomic E-state index is 11.6. The van der Waals surface area contributed by atoms with E-state index in [1.807, 2.05) is 42.7 Å². The summed E-state index contributed by atoms with van der Waals surface area (Å²) in [4.78, 5) is 23.4. The number of unbranched alkanes of at least 4 members (excludes halogenated alkanes) is 2. The molecule has 0 bridgehead atoms. The summed E-state index contributed by atoms with van der Waals surface area (Å²) in [6.07, 6.45) is 6.37. The van der Waals surface area contributed by atoms with E-state index in [9.17, 15) is 10.6 Å². The van der Waals surface area contributed by atoms with Gasteiger partial charge in [-0.25, -0.2) is 19.9 Å². The second-order valence-corrected chi connectivity index (χ2v) is 17.5. The smallest absolute Gasteiger partial charge is 0.261 e. The highest BCUT2D eigenvalue weighted by atomic mass is 28.4. The van der Waals surface area contributed by atoms with Crippen molar-refractivity contribution in [3.63, 3.8) is 0 Å². The summed E-state index contributed by atoms with van der Waals surface area (Å²) in [5.74, 6) is 0.433. The molecule has 12 nitrogen and oxygen atoms in total. The molecule has 1 saturated heterocycles. The number of benzene rings is 2. The number of aliphatic hydroxyl groups excluding tert-OH is 1. The van der Waals surface area contributed by atoms with Gasteiger partial charge in [0.2, 0.25) is 0 Å². The number of nitrogens with zero attached hydrogens (tertiary/aromatic N) is 9. The monoisotopic (exact) mass is 669 g/mol. The molecule has 48 heavy (non-hydrogen) atoms. The predicted octanol–water partition coefficient (Wildman–Crippen LogP) is 5.90. The minimum absolute atomic E-state index is 0.104. The highest BCUT2D eigenvalue weighted by molar-refractivity contribution is 6.99. The summed E-state index contributed by atoms with van der Waals surface area (Å²) in [5.41, 5.74) is 10.5. The lowest BCUT2D eigenvalue weighted by Gasteiger charge is -2.43. The zero-order valence-electron chi connectivity index (χ0n) is 28.6. The van der Waals surface area contributed by atoms with Crippen molar-refractivity contribution in [2.75, 3.05) is 19.7 Å². The predicted molar refractivity (Wildman–Crippen MR) is 191 cm³/mol. The number of azide groups is 1. The highest BCUT2D eigenvalue weighted by Crippen LogP contribution is 2.39. The summed E-state index contributed by atoms with van der Waals surface area (Å²) >= 11 is 0. The van der Waals surface area contributed by atoms with Crippen LogP contribution in [-0.4, -0.2) is 82.1 Å². The van der Waals surface area contributed by atoms with Crippen LogP contribution in [0.4, 0.5) is 5.82 Å². The second kappa shape index (κ2) is 15.8. The van der Waals surface area contributed by atoms with Crippen LogP contribution in [0.1, 0.15) is 66.5 Å². The minimum atomic E-state index is -2.92. The molecule has 1 fully saturated rings. The molecule has 2 aromatic heterocycles. The Bertz CT molecular complexity index is 1640. The molecule has 1 aliphatic rings. The summed E-state index contributed by atoms with van der Waals surface area (Å²) in [5, 5.41) is 17.5. The lowest BCUT2D eigenvalue weighted by Crippen LogP contribution is -2.67. The van der Waals surface area contributed by atoms with Crippen LogP contribution in [0.25, 0.3) is 21.6 Å². The lowest BCUT2D eigenvalue weighted by atomic mass is 10.1. The van der Waals surface area contributed by atoms with Crippen molar-refractivity contribution in [3.8, 4) is 0 Å². The normalized spacial score (nSPS) is 20.0. The van der Waals surface area contributed by atoms with Crippen LogP contribution >= 0.6 is 0 Å². The average Bonchev–Trinajstić information content (AvgIpc) is 3.66. The van der Waals surface area contributed by atoms with Crippen molar-refractivity contribution < 1.29 is 14.3 Å². The zero-order valence-corrected chi connectivity index (χ0v) is 29.6. The molecule has 0 saturated carbocycles. The van der Waals surface area contributed by atoms with Crippen molar-refractivity contribution in [3.05, 3.63) is 83.8 Å². The molecule has 4 atom stereocenters. The van der Waals surface area contributed by atoms with Gasteiger partial charge in [0.15, 0.2) is 23.2 Å². The quantitative estimate of drug-likeness (QED) is 0.0414. The molecule has 0 spiro atoms. The van der Waals surface area contributed by atoms with Crippen molar-refractivity contribution in [2.45, 2.75) is 89.8 Å². The van der Waals surface area contributed by atoms with Crippen LogP contribution in [0, 0.1) is 0 Å². The van der Waals surface area contributed by atoms with Crippen molar-refractivity contribution in [1.82, 2.24) is 24.4 Å². The Labute approximate surface area is 283 Å². The number of ether oxygens (including phenoxy) is 1. The first-order chi connectivity index (χ1) is 23.2. The second-order valence-electron chi connectivity index (χ2n) is 13.2. The van der Waals surface area contributed by atoms with E-state index in [0.29, 0.717) is 17.0 Å². The number of hydrogen-bond acceptors (Lipinski definition) is 8. The van der Waals surface area contributed by atoms with Gasteiger partial charge in [-0.1, -0.05) is 113 Å². The Hall–Kier alpha value is -4.13. The van der Waals surface area contributed by atoms with Crippen LogP contribution in [0.5, 0.6) is 0 Å². The number of rotatable bonds is 15. The van der Waals surface area contributed by atoms with E-state index in [1.54, 1.807) is 10.9 Å². The van der Waals surface area contributed by atoms with E-state index in [4.69, 9.17) is 9.16 Å². The van der Waals surface area contributed by atoms with Gasteiger partial charge in [-0.05, 0) is 33.8 Å². The number of aromatic nitrogens is 4. The van der Waals surface area contributed by atoms with Crippen LogP contribution in [0.2, 0.25) is 5.04 Å². The molecule has 2 aromatic carbocycles. The number of aliphatic imine (C=N–C) groups is 1. The van der Waals surface area contributed by atoms with Crippen LogP contribution in [0.15, 0.2) is 83.4 Å². The minimum Gasteiger partial charge on any atom is -0.405 e. The number of imidazole rings is 1. The van der Waals surface area contributed by atoms with Crippen LogP contribution in [-0.2, 0) is 9.16 Å². The molecule has 1 aliphatic heterocycles. The fraction of sp³-hybridized carbons (Fsp3) is 0.486.